The average Bonchev–Trinajstić information content (AvgIpc) is 3.04. The summed E-state index contributed by atoms with van der Waals surface area (Å²) in [4.78, 5) is 60.9. The normalized spacial score (nSPS) is 14.2. The highest BCUT2D eigenvalue weighted by Gasteiger charge is 2.43. The molecule has 0 spiro atoms. The van der Waals surface area contributed by atoms with Gasteiger partial charge in [0.15, 0.2) is 0 Å². The molecule has 1 atom stereocenters. The molecule has 43 heavy (non-hydrogen) atoms. The molecule has 0 bridgehead atoms. The van der Waals surface area contributed by atoms with Crippen molar-refractivity contribution in [1.82, 2.24) is 14.9 Å². The van der Waals surface area contributed by atoms with Gasteiger partial charge < -0.3 is 20.1 Å². The van der Waals surface area contributed by atoms with E-state index < -0.39 is 48.9 Å². The van der Waals surface area contributed by atoms with Crippen molar-refractivity contribution in [3.8, 4) is 5.88 Å². The molecule has 2 aromatic carbocycles. The SMILES string of the molecule is Cc1cc(OCCCc2ccc3c(c2)C(=O)N(C(C)CC(=O)OC(=O)C(F)(F)F)CC(=O)N3c2ccccc2)nc(N)n1. The van der Waals surface area contributed by atoms with Crippen LogP contribution in [0.15, 0.2) is 54.6 Å². The fourth-order valence-corrected chi connectivity index (χ4v) is 4.54. The highest BCUT2D eigenvalue weighted by atomic mass is 19.4. The number of nitrogens with zero attached hydrogens (tertiary/aromatic N) is 4. The zero-order valence-corrected chi connectivity index (χ0v) is 23.3. The number of alkyl halides is 3. The highest BCUT2D eigenvalue weighted by molar-refractivity contribution is 6.13. The second-order valence-corrected chi connectivity index (χ2v) is 9.82. The molecule has 2 heterocycles. The van der Waals surface area contributed by atoms with E-state index in [4.69, 9.17) is 10.5 Å². The van der Waals surface area contributed by atoms with Crippen LogP contribution in [0.3, 0.4) is 0 Å². The summed E-state index contributed by atoms with van der Waals surface area (Å²) in [5.41, 5.74) is 8.01. The maximum atomic E-state index is 13.8. The van der Waals surface area contributed by atoms with Crippen LogP contribution in [0, 0.1) is 6.92 Å². The van der Waals surface area contributed by atoms with E-state index in [9.17, 15) is 32.3 Å². The van der Waals surface area contributed by atoms with E-state index in [1.165, 1.54) is 11.8 Å². The molecule has 1 aliphatic rings. The molecule has 3 aromatic rings. The van der Waals surface area contributed by atoms with Gasteiger partial charge in [-0.1, -0.05) is 24.3 Å². The molecule has 0 saturated carbocycles. The topological polar surface area (TPSA) is 145 Å². The molecule has 0 radical (unpaired) electrons. The van der Waals surface area contributed by atoms with Crippen LogP contribution in [0.25, 0.3) is 0 Å². The number of benzene rings is 2. The molecule has 1 aromatic heterocycles. The molecule has 0 fully saturated rings. The van der Waals surface area contributed by atoms with Crippen molar-refractivity contribution in [3.63, 3.8) is 0 Å². The molecule has 14 heteroatoms. The highest BCUT2D eigenvalue weighted by Crippen LogP contribution is 2.34. The van der Waals surface area contributed by atoms with Crippen molar-refractivity contribution in [2.24, 2.45) is 0 Å². The van der Waals surface area contributed by atoms with Gasteiger partial charge in [0.05, 0.1) is 24.3 Å². The first-order chi connectivity index (χ1) is 20.3. The lowest BCUT2D eigenvalue weighted by molar-refractivity contribution is -0.202. The second kappa shape index (κ2) is 12.9. The molecular weight excluding hydrogens is 571 g/mol. The van der Waals surface area contributed by atoms with Crippen LogP contribution < -0.4 is 15.4 Å². The number of rotatable bonds is 9. The minimum Gasteiger partial charge on any atom is -0.478 e. The minimum atomic E-state index is -5.36. The third kappa shape index (κ3) is 7.64. The zero-order valence-electron chi connectivity index (χ0n) is 23.3. The lowest BCUT2D eigenvalue weighted by Gasteiger charge is -2.27. The van der Waals surface area contributed by atoms with E-state index in [1.807, 2.05) is 0 Å². The number of nitrogen functional groups attached to an aromatic ring is 1. The average molecular weight is 600 g/mol. The van der Waals surface area contributed by atoms with Crippen LogP contribution in [-0.2, 0) is 25.5 Å². The molecule has 226 valence electrons. The first kappa shape index (κ1) is 30.9. The van der Waals surface area contributed by atoms with Gasteiger partial charge in [-0.2, -0.15) is 18.2 Å². The monoisotopic (exact) mass is 599 g/mol. The Kier molecular flexibility index (Phi) is 9.27. The number of aromatic nitrogens is 2. The fourth-order valence-electron chi connectivity index (χ4n) is 4.54. The summed E-state index contributed by atoms with van der Waals surface area (Å²) in [6, 6.07) is 14.2. The third-order valence-electron chi connectivity index (χ3n) is 6.50. The fraction of sp³-hybridized carbons (Fsp3) is 0.310. The number of carbonyl (C=O) groups is 4. The Balaban J connectivity index is 1.56. The summed E-state index contributed by atoms with van der Waals surface area (Å²) < 4.78 is 47.2. The van der Waals surface area contributed by atoms with Gasteiger partial charge in [0.25, 0.3) is 11.8 Å². The van der Waals surface area contributed by atoms with E-state index in [0.29, 0.717) is 35.8 Å². The molecule has 11 nitrogen and oxygen atoms in total. The Morgan fingerprint density at radius 1 is 1.07 bits per heavy atom. The minimum absolute atomic E-state index is 0.0933. The predicted molar refractivity (Wildman–Crippen MR) is 147 cm³/mol. The van der Waals surface area contributed by atoms with Gasteiger partial charge in [-0.25, -0.2) is 9.78 Å². The summed E-state index contributed by atoms with van der Waals surface area (Å²) in [6.45, 7) is 2.95. The van der Waals surface area contributed by atoms with Crippen molar-refractivity contribution in [2.45, 2.75) is 45.3 Å². The zero-order chi connectivity index (χ0) is 31.3. The molecule has 2 N–H and O–H groups in total. The number of halogens is 3. The van der Waals surface area contributed by atoms with Crippen molar-refractivity contribution in [1.29, 1.82) is 0 Å². The van der Waals surface area contributed by atoms with Crippen LogP contribution in [0.1, 0.15) is 41.4 Å². The maximum Gasteiger partial charge on any atom is 0.491 e. The van der Waals surface area contributed by atoms with Crippen LogP contribution in [0.5, 0.6) is 5.88 Å². The second-order valence-electron chi connectivity index (χ2n) is 9.82. The summed E-state index contributed by atoms with van der Waals surface area (Å²) in [5, 5.41) is 0. The van der Waals surface area contributed by atoms with Crippen LogP contribution >= 0.6 is 0 Å². The number of fused-ring (bicyclic) bond motifs is 1. The first-order valence-electron chi connectivity index (χ1n) is 13.2. The van der Waals surface area contributed by atoms with Gasteiger partial charge in [-0.3, -0.25) is 19.3 Å². The number of nitrogens with two attached hydrogens (primary N) is 1. The first-order valence-corrected chi connectivity index (χ1v) is 13.2. The Bertz CT molecular complexity index is 1510. The van der Waals surface area contributed by atoms with Crippen LogP contribution in [-0.4, -0.2) is 64.0 Å². The molecule has 1 unspecified atom stereocenters. The number of para-hydroxylation sites is 1. The van der Waals surface area contributed by atoms with Crippen molar-refractivity contribution >= 4 is 41.1 Å². The largest absolute Gasteiger partial charge is 0.491 e. The Morgan fingerprint density at radius 2 is 1.79 bits per heavy atom. The number of ether oxygens (including phenoxy) is 2. The lowest BCUT2D eigenvalue weighted by atomic mass is 10.0. The Morgan fingerprint density at radius 3 is 2.47 bits per heavy atom. The van der Waals surface area contributed by atoms with E-state index in [1.54, 1.807) is 61.5 Å². The number of carbonyl (C=O) groups excluding carboxylic acids is 4. The number of hydrogen-bond acceptors (Lipinski definition) is 9. The van der Waals surface area contributed by atoms with Gasteiger partial charge in [0.1, 0.15) is 6.54 Å². The summed E-state index contributed by atoms with van der Waals surface area (Å²) in [5.74, 6) is -4.83. The van der Waals surface area contributed by atoms with Crippen LogP contribution in [0.2, 0.25) is 0 Å². The van der Waals surface area contributed by atoms with E-state index in [-0.39, 0.29) is 18.1 Å². The van der Waals surface area contributed by atoms with Gasteiger partial charge in [-0.15, -0.1) is 0 Å². The number of amides is 2. The standard InChI is InChI=1S/C29H28F3N5O6/c1-17-13-23(35-28(33)34-17)42-12-6-7-19-10-11-22-21(15-19)26(40)36(16-24(38)37(22)20-8-4-3-5-9-20)18(2)14-25(39)43-27(41)29(30,31)32/h3-5,8-11,13,15,18H,6-7,12,14,16H2,1-2H3,(H2,33,34,35). The summed E-state index contributed by atoms with van der Waals surface area (Å²) in [6.07, 6.45) is -5.08. The Hall–Kier alpha value is -5.01. The van der Waals surface area contributed by atoms with Crippen LogP contribution in [0.4, 0.5) is 30.5 Å². The van der Waals surface area contributed by atoms with Crippen molar-refractivity contribution < 1.29 is 41.8 Å². The lowest BCUT2D eigenvalue weighted by Crippen LogP contribution is -2.44. The van der Waals surface area contributed by atoms with Gasteiger partial charge >= 0.3 is 18.1 Å². The number of hydrogen-bond donors (Lipinski definition) is 1. The molecule has 2 amide bonds. The van der Waals surface area contributed by atoms with Gasteiger partial charge in [-0.05, 0) is 56.5 Å². The van der Waals surface area contributed by atoms with Gasteiger partial charge in [0, 0.05) is 23.5 Å². The molecule has 0 aliphatic carbocycles. The van der Waals surface area contributed by atoms with Crippen molar-refractivity contribution in [2.75, 3.05) is 23.8 Å². The van der Waals surface area contributed by atoms with Gasteiger partial charge in [0.2, 0.25) is 11.8 Å². The third-order valence-corrected chi connectivity index (χ3v) is 6.50. The molecule has 0 saturated heterocycles. The molecule has 1 aliphatic heterocycles. The number of esters is 2. The maximum absolute atomic E-state index is 13.8. The predicted octanol–water partition coefficient (Wildman–Crippen LogP) is 3.91. The Labute approximate surface area is 244 Å². The van der Waals surface area contributed by atoms with E-state index in [0.717, 1.165) is 10.5 Å². The molecular formula is C29H28F3N5O6. The summed E-state index contributed by atoms with van der Waals surface area (Å²) >= 11 is 0. The quantitative estimate of drug-likeness (QED) is 0.220. The smallest absolute Gasteiger partial charge is 0.478 e. The van der Waals surface area contributed by atoms with E-state index >= 15 is 0 Å². The van der Waals surface area contributed by atoms with Crippen molar-refractivity contribution in [3.05, 3.63) is 71.4 Å². The van der Waals surface area contributed by atoms with E-state index in [2.05, 4.69) is 14.7 Å². The number of aryl methyl sites for hydroxylation is 2. The number of anilines is 3. The molecule has 4 rings (SSSR count). The summed E-state index contributed by atoms with van der Waals surface area (Å²) in [7, 11) is 0.